The predicted octanol–water partition coefficient (Wildman–Crippen LogP) is 4.79. The molecule has 19 heteroatoms. The number of nitrogens with one attached hydrogen (secondary N) is 3. The Bertz CT molecular complexity index is 1550. The summed E-state index contributed by atoms with van der Waals surface area (Å²) in [7, 11) is 0. The Morgan fingerprint density at radius 1 is 0.894 bits per heavy atom. The van der Waals surface area contributed by atoms with Crippen LogP contribution >= 0.6 is 11.6 Å². The third-order valence-corrected chi connectivity index (χ3v) is 6.52. The SMILES string of the molecule is O=C(COc1ccc2cc1CCc1cccc(c1)Nc1ncc(Cl)c(n1)N2)N1CCNCC1.O=C(O)C(F)(F)F.O=C(O)C(F)(F)F. The molecule has 2 aliphatic rings. The number of alkyl halides is 6. The van der Waals surface area contributed by atoms with Crippen LogP contribution in [0.15, 0.2) is 48.7 Å². The summed E-state index contributed by atoms with van der Waals surface area (Å²) in [6.45, 7) is 3.09. The van der Waals surface area contributed by atoms with Gasteiger partial charge in [-0.3, -0.25) is 4.79 Å². The van der Waals surface area contributed by atoms with Crippen molar-refractivity contribution in [3.8, 4) is 5.75 Å². The van der Waals surface area contributed by atoms with Gasteiger partial charge in [-0.2, -0.15) is 31.3 Å². The van der Waals surface area contributed by atoms with Crippen molar-refractivity contribution in [2.75, 3.05) is 43.4 Å². The number of piperazine rings is 1. The smallest absolute Gasteiger partial charge is 0.483 e. The fourth-order valence-electron chi connectivity index (χ4n) is 4.00. The number of benzene rings is 2. The first-order chi connectivity index (χ1) is 22.0. The number of hydrogen-bond donors (Lipinski definition) is 5. The third kappa shape index (κ3) is 11.8. The van der Waals surface area contributed by atoms with Crippen molar-refractivity contribution in [3.05, 3.63) is 64.8 Å². The number of fused-ring (bicyclic) bond motifs is 6. The first kappa shape index (κ1) is 36.6. The molecule has 0 radical (unpaired) electrons. The van der Waals surface area contributed by atoms with Gasteiger partial charge in [-0.25, -0.2) is 14.6 Å². The number of aryl methyl sites for hydroxylation is 2. The molecule has 0 spiro atoms. The van der Waals surface area contributed by atoms with Crippen molar-refractivity contribution in [2.45, 2.75) is 25.2 Å². The quantitative estimate of drug-likeness (QED) is 0.240. The normalized spacial score (nSPS) is 14.1. The Kier molecular flexibility index (Phi) is 12.6. The van der Waals surface area contributed by atoms with Crippen molar-refractivity contribution in [1.82, 2.24) is 20.2 Å². The number of carboxylic acids is 2. The van der Waals surface area contributed by atoms with E-state index in [4.69, 9.17) is 36.1 Å². The number of anilines is 4. The zero-order valence-electron chi connectivity index (χ0n) is 24.1. The summed E-state index contributed by atoms with van der Waals surface area (Å²) in [4.78, 5) is 41.0. The number of carbonyl (C=O) groups is 3. The summed E-state index contributed by atoms with van der Waals surface area (Å²) >= 11 is 6.34. The topological polar surface area (TPSA) is 166 Å². The molecule has 12 nitrogen and oxygen atoms in total. The minimum atomic E-state index is -5.08. The second kappa shape index (κ2) is 16.1. The Morgan fingerprint density at radius 3 is 2.13 bits per heavy atom. The molecule has 3 heterocycles. The average Bonchev–Trinajstić information content (AvgIpc) is 3.01. The highest BCUT2D eigenvalue weighted by Crippen LogP contribution is 2.30. The maximum Gasteiger partial charge on any atom is 0.490 e. The number of nitrogens with zero attached hydrogens (tertiary/aromatic N) is 3. The van der Waals surface area contributed by atoms with Crippen LogP contribution in [0.4, 0.5) is 49.5 Å². The molecule has 5 N–H and O–H groups in total. The molecule has 0 atom stereocenters. The van der Waals surface area contributed by atoms with Gasteiger partial charge < -0.3 is 35.8 Å². The van der Waals surface area contributed by atoms with E-state index >= 15 is 0 Å². The minimum Gasteiger partial charge on any atom is -0.483 e. The Labute approximate surface area is 267 Å². The van der Waals surface area contributed by atoms with Crippen LogP contribution in [0.2, 0.25) is 5.02 Å². The predicted molar refractivity (Wildman–Crippen MR) is 156 cm³/mol. The van der Waals surface area contributed by atoms with Crippen LogP contribution in [0.1, 0.15) is 11.1 Å². The molecule has 1 amide bonds. The van der Waals surface area contributed by atoms with Gasteiger partial charge in [-0.05, 0) is 54.3 Å². The molecule has 3 aromatic rings. The number of carboxylic acid groups (broad SMARTS) is 2. The standard InChI is InChI=1S/C24H25ClN6O2.2C2HF3O2/c25-20-14-27-24-29-18-3-1-2-16(12-18)4-5-17-13-19(28-23(20)30-24)6-7-21(17)33-15-22(32)31-10-8-26-9-11-31;2*3-2(4,5)1(6)7/h1-3,6-7,12-14,26H,4-5,8-11,15H2,(H2,27,28,29,30);2*(H,6,7). The van der Waals surface area contributed by atoms with Gasteiger partial charge in [-0.1, -0.05) is 23.7 Å². The van der Waals surface area contributed by atoms with Crippen LogP contribution in [0.25, 0.3) is 0 Å². The summed E-state index contributed by atoms with van der Waals surface area (Å²) in [5.74, 6) is -3.82. The molecule has 254 valence electrons. The molecule has 1 saturated heterocycles. The molecular weight excluding hydrogens is 666 g/mol. The van der Waals surface area contributed by atoms with E-state index < -0.39 is 24.3 Å². The van der Waals surface area contributed by atoms with Gasteiger partial charge >= 0.3 is 24.3 Å². The molecule has 0 saturated carbocycles. The molecular formula is C28H27ClF6N6O6. The van der Waals surface area contributed by atoms with Crippen molar-refractivity contribution >= 4 is 52.6 Å². The van der Waals surface area contributed by atoms with E-state index in [2.05, 4.69) is 38.1 Å². The molecule has 0 unspecified atom stereocenters. The molecule has 0 aliphatic carbocycles. The number of hydrogen-bond acceptors (Lipinski definition) is 9. The van der Waals surface area contributed by atoms with E-state index in [9.17, 15) is 31.1 Å². The lowest BCUT2D eigenvalue weighted by Crippen LogP contribution is -2.47. The number of amides is 1. The number of ether oxygens (including phenoxy) is 1. The lowest BCUT2D eigenvalue weighted by molar-refractivity contribution is -0.193. The number of carbonyl (C=O) groups excluding carboxylic acids is 1. The van der Waals surface area contributed by atoms with E-state index in [1.54, 1.807) is 6.20 Å². The highest BCUT2D eigenvalue weighted by Gasteiger charge is 2.38. The number of aromatic nitrogens is 2. The first-order valence-electron chi connectivity index (χ1n) is 13.5. The van der Waals surface area contributed by atoms with Crippen molar-refractivity contribution < 1.29 is 55.7 Å². The zero-order valence-corrected chi connectivity index (χ0v) is 24.8. The highest BCUT2D eigenvalue weighted by molar-refractivity contribution is 6.32. The number of aliphatic carboxylic acids is 2. The Balaban J connectivity index is 0.000000360. The van der Waals surface area contributed by atoms with Gasteiger partial charge in [0.05, 0.1) is 6.20 Å². The monoisotopic (exact) mass is 692 g/mol. The van der Waals surface area contributed by atoms with Gasteiger partial charge in [0.15, 0.2) is 12.4 Å². The summed E-state index contributed by atoms with van der Waals surface area (Å²) in [5, 5.41) is 24.5. The van der Waals surface area contributed by atoms with Crippen LogP contribution in [-0.4, -0.2) is 88.1 Å². The summed E-state index contributed by atoms with van der Waals surface area (Å²) in [5.41, 5.74) is 3.93. The lowest BCUT2D eigenvalue weighted by Gasteiger charge is -2.27. The largest absolute Gasteiger partial charge is 0.490 e. The van der Waals surface area contributed by atoms with Crippen molar-refractivity contribution in [2.24, 2.45) is 0 Å². The number of rotatable bonds is 3. The van der Waals surface area contributed by atoms with Crippen LogP contribution in [0.3, 0.4) is 0 Å². The minimum absolute atomic E-state index is 0.00890. The van der Waals surface area contributed by atoms with E-state index in [0.717, 1.165) is 42.9 Å². The lowest BCUT2D eigenvalue weighted by atomic mass is 10.0. The maximum atomic E-state index is 12.6. The summed E-state index contributed by atoms with van der Waals surface area (Å²) in [6.07, 6.45) is -7.02. The first-order valence-corrected chi connectivity index (χ1v) is 13.9. The fourth-order valence-corrected chi connectivity index (χ4v) is 4.14. The summed E-state index contributed by atoms with van der Waals surface area (Å²) < 4.78 is 69.5. The van der Waals surface area contributed by atoms with Crippen LogP contribution in [0, 0.1) is 0 Å². The van der Waals surface area contributed by atoms with Crippen LogP contribution in [0.5, 0.6) is 5.75 Å². The van der Waals surface area contributed by atoms with Gasteiger partial charge in [0.25, 0.3) is 5.91 Å². The fraction of sp³-hybridized carbons (Fsp3) is 0.321. The second-order valence-electron chi connectivity index (χ2n) is 9.69. The van der Waals surface area contributed by atoms with Gasteiger partial charge in [-0.15, -0.1) is 0 Å². The van der Waals surface area contributed by atoms with Gasteiger partial charge in [0.2, 0.25) is 5.95 Å². The molecule has 47 heavy (non-hydrogen) atoms. The van der Waals surface area contributed by atoms with Crippen LogP contribution < -0.4 is 20.7 Å². The van der Waals surface area contributed by atoms with Gasteiger partial charge in [0, 0.05) is 37.6 Å². The van der Waals surface area contributed by atoms with Crippen LogP contribution in [-0.2, 0) is 27.2 Å². The molecule has 6 bridgehead atoms. The molecule has 1 aromatic heterocycles. The second-order valence-corrected chi connectivity index (χ2v) is 10.1. The Morgan fingerprint density at radius 2 is 1.51 bits per heavy atom. The van der Waals surface area contributed by atoms with E-state index in [-0.39, 0.29) is 12.5 Å². The molecule has 2 aromatic carbocycles. The molecule has 2 aliphatic heterocycles. The van der Waals surface area contributed by atoms with E-state index in [1.807, 2.05) is 35.2 Å². The van der Waals surface area contributed by atoms with Crippen molar-refractivity contribution in [1.29, 1.82) is 0 Å². The van der Waals surface area contributed by atoms with Gasteiger partial charge in [0.1, 0.15) is 10.8 Å². The maximum absolute atomic E-state index is 12.6. The summed E-state index contributed by atoms with van der Waals surface area (Å²) in [6, 6.07) is 14.0. The molecule has 5 rings (SSSR count). The van der Waals surface area contributed by atoms with Crippen molar-refractivity contribution in [3.63, 3.8) is 0 Å². The zero-order chi connectivity index (χ0) is 34.8. The third-order valence-electron chi connectivity index (χ3n) is 6.24. The van der Waals surface area contributed by atoms with E-state index in [1.165, 1.54) is 5.56 Å². The Hall–Kier alpha value is -4.84. The average molecular weight is 693 g/mol. The number of halogens is 7. The highest BCUT2D eigenvalue weighted by atomic mass is 35.5. The van der Waals surface area contributed by atoms with E-state index in [0.29, 0.717) is 35.6 Å². The molecule has 1 fully saturated rings.